The lowest BCUT2D eigenvalue weighted by molar-refractivity contribution is -0.136. The maximum absolute atomic E-state index is 10.5. The summed E-state index contributed by atoms with van der Waals surface area (Å²) in [6, 6.07) is 7.57. The molecule has 2 aromatic rings. The van der Waals surface area contributed by atoms with E-state index in [4.69, 9.17) is 5.11 Å². The second kappa shape index (κ2) is 2.94. The number of carboxylic acids is 1. The molecule has 0 aliphatic carbocycles. The summed E-state index contributed by atoms with van der Waals surface area (Å²) in [5.41, 5.74) is 1.82. The van der Waals surface area contributed by atoms with E-state index in [1.54, 1.807) is 0 Å². The highest BCUT2D eigenvalue weighted by molar-refractivity contribution is 5.74. The topological polar surface area (TPSA) is 41.7 Å². The molecule has 66 valence electrons. The average Bonchev–Trinajstić information content (AvgIpc) is 2.48. The predicted molar refractivity (Wildman–Crippen MR) is 48.7 cm³/mol. The van der Waals surface area contributed by atoms with Gasteiger partial charge in [0.15, 0.2) is 0 Å². The van der Waals surface area contributed by atoms with E-state index < -0.39 is 5.97 Å². The Labute approximate surface area is 75.2 Å². The van der Waals surface area contributed by atoms with Gasteiger partial charge in [0.25, 0.3) is 0 Å². The van der Waals surface area contributed by atoms with E-state index in [9.17, 15) is 4.79 Å². The van der Waals surface area contributed by atoms with E-state index in [0.29, 0.717) is 0 Å². The molecule has 0 aliphatic rings. The second-order valence-electron chi connectivity index (χ2n) is 2.90. The largest absolute Gasteiger partial charge is 0.481 e. The van der Waals surface area contributed by atoms with E-state index in [0.717, 1.165) is 11.1 Å². The van der Waals surface area contributed by atoms with Crippen LogP contribution in [0, 0.1) is 0 Å². The van der Waals surface area contributed by atoms with Crippen molar-refractivity contribution in [2.45, 2.75) is 6.42 Å². The summed E-state index contributed by atoms with van der Waals surface area (Å²) in [4.78, 5) is 10.5. The minimum Gasteiger partial charge on any atom is -0.481 e. The van der Waals surface area contributed by atoms with Gasteiger partial charge >= 0.3 is 5.97 Å². The normalized spacial score (nSPS) is 10.5. The van der Waals surface area contributed by atoms with Crippen LogP contribution in [0.5, 0.6) is 0 Å². The number of rotatable bonds is 2. The van der Waals surface area contributed by atoms with Gasteiger partial charge in [-0.25, -0.2) is 0 Å². The lowest BCUT2D eigenvalue weighted by Crippen LogP contribution is -1.99. The number of carboxylic acid groups (broad SMARTS) is 1. The average molecular weight is 175 g/mol. The van der Waals surface area contributed by atoms with Crippen LogP contribution in [0.3, 0.4) is 0 Å². The molecule has 3 nitrogen and oxygen atoms in total. The molecule has 0 spiro atoms. The molecule has 1 N–H and O–H groups in total. The summed E-state index contributed by atoms with van der Waals surface area (Å²) >= 11 is 0. The molecule has 2 aromatic heterocycles. The first-order valence-corrected chi connectivity index (χ1v) is 4.04. The quantitative estimate of drug-likeness (QED) is 0.752. The van der Waals surface area contributed by atoms with Crippen LogP contribution in [0.4, 0.5) is 0 Å². The number of pyridine rings is 1. The van der Waals surface area contributed by atoms with Crippen LogP contribution in [0.2, 0.25) is 0 Å². The van der Waals surface area contributed by atoms with Gasteiger partial charge in [-0.1, -0.05) is 6.07 Å². The van der Waals surface area contributed by atoms with Gasteiger partial charge in [-0.15, -0.1) is 0 Å². The van der Waals surface area contributed by atoms with Gasteiger partial charge in [0.05, 0.1) is 6.42 Å². The monoisotopic (exact) mass is 175 g/mol. The molecule has 0 saturated heterocycles. The summed E-state index contributed by atoms with van der Waals surface area (Å²) in [7, 11) is 0. The Bertz CT molecular complexity index is 445. The summed E-state index contributed by atoms with van der Waals surface area (Å²) in [6.45, 7) is 0. The van der Waals surface area contributed by atoms with Gasteiger partial charge < -0.3 is 9.51 Å². The van der Waals surface area contributed by atoms with Crippen molar-refractivity contribution in [2.24, 2.45) is 0 Å². The molecule has 0 fully saturated rings. The first-order valence-electron chi connectivity index (χ1n) is 4.04. The predicted octanol–water partition coefficient (Wildman–Crippen LogP) is 1.57. The van der Waals surface area contributed by atoms with Crippen LogP contribution in [-0.4, -0.2) is 15.5 Å². The van der Waals surface area contributed by atoms with E-state index in [1.165, 1.54) is 0 Å². The van der Waals surface area contributed by atoms with Crippen molar-refractivity contribution in [1.82, 2.24) is 4.40 Å². The van der Waals surface area contributed by atoms with Gasteiger partial charge in [0.2, 0.25) is 0 Å². The Morgan fingerprint density at radius 2 is 2.15 bits per heavy atom. The molecule has 2 heterocycles. The molecule has 0 unspecified atom stereocenters. The summed E-state index contributed by atoms with van der Waals surface area (Å²) in [5.74, 6) is -0.794. The molecular formula is C10H9NO2. The smallest absolute Gasteiger partial charge is 0.307 e. The second-order valence-corrected chi connectivity index (χ2v) is 2.90. The molecule has 3 heteroatoms. The molecule has 0 bridgehead atoms. The van der Waals surface area contributed by atoms with Crippen molar-refractivity contribution < 1.29 is 9.90 Å². The van der Waals surface area contributed by atoms with Crippen molar-refractivity contribution in [3.8, 4) is 0 Å². The van der Waals surface area contributed by atoms with E-state index >= 15 is 0 Å². The van der Waals surface area contributed by atoms with Gasteiger partial charge in [-0.3, -0.25) is 4.79 Å². The zero-order chi connectivity index (χ0) is 9.26. The molecule has 0 amide bonds. The number of aromatic nitrogens is 1. The number of fused-ring (bicyclic) bond motifs is 1. The van der Waals surface area contributed by atoms with Crippen molar-refractivity contribution in [1.29, 1.82) is 0 Å². The fourth-order valence-electron chi connectivity index (χ4n) is 1.43. The standard InChI is InChI=1S/C10H9NO2/c12-10(13)7-8-4-6-11-5-2-1-3-9(8)11/h1-6H,7H2,(H,12,13). The SMILES string of the molecule is O=C(O)Cc1ccn2ccccc12. The fourth-order valence-corrected chi connectivity index (χ4v) is 1.43. The Morgan fingerprint density at radius 3 is 2.92 bits per heavy atom. The lowest BCUT2D eigenvalue weighted by atomic mass is 10.2. The molecule has 0 aromatic carbocycles. The molecule has 0 saturated carbocycles. The highest BCUT2D eigenvalue weighted by Gasteiger charge is 2.04. The highest BCUT2D eigenvalue weighted by atomic mass is 16.4. The van der Waals surface area contributed by atoms with Crippen molar-refractivity contribution in [3.05, 3.63) is 42.2 Å². The molecular weight excluding hydrogens is 166 g/mol. The van der Waals surface area contributed by atoms with Crippen LogP contribution >= 0.6 is 0 Å². The number of hydrogen-bond acceptors (Lipinski definition) is 1. The minimum atomic E-state index is -0.794. The Hall–Kier alpha value is -1.77. The van der Waals surface area contributed by atoms with Crippen molar-refractivity contribution >= 4 is 11.5 Å². The number of carbonyl (C=O) groups is 1. The third-order valence-corrected chi connectivity index (χ3v) is 2.00. The van der Waals surface area contributed by atoms with Crippen LogP contribution in [0.1, 0.15) is 5.56 Å². The molecule has 0 radical (unpaired) electrons. The van der Waals surface area contributed by atoms with Crippen LogP contribution in [-0.2, 0) is 11.2 Å². The van der Waals surface area contributed by atoms with Crippen LogP contribution < -0.4 is 0 Å². The minimum absolute atomic E-state index is 0.0838. The lowest BCUT2D eigenvalue weighted by Gasteiger charge is -1.95. The number of nitrogens with zero attached hydrogens (tertiary/aromatic N) is 1. The first-order chi connectivity index (χ1) is 6.27. The van der Waals surface area contributed by atoms with Crippen LogP contribution in [0.25, 0.3) is 5.52 Å². The number of aliphatic carboxylic acids is 1. The van der Waals surface area contributed by atoms with Crippen molar-refractivity contribution in [3.63, 3.8) is 0 Å². The molecule has 13 heavy (non-hydrogen) atoms. The third kappa shape index (κ3) is 1.40. The van der Waals surface area contributed by atoms with Gasteiger partial charge in [0, 0.05) is 17.9 Å². The Kier molecular flexibility index (Phi) is 1.77. The Morgan fingerprint density at radius 1 is 1.31 bits per heavy atom. The summed E-state index contributed by atoms with van der Waals surface area (Å²) in [5, 5.41) is 8.64. The highest BCUT2D eigenvalue weighted by Crippen LogP contribution is 2.12. The first kappa shape index (κ1) is 7.86. The summed E-state index contributed by atoms with van der Waals surface area (Å²) in [6.07, 6.45) is 3.86. The molecule has 2 rings (SSSR count). The van der Waals surface area contributed by atoms with Crippen molar-refractivity contribution in [2.75, 3.05) is 0 Å². The molecule has 0 aliphatic heterocycles. The maximum atomic E-state index is 10.5. The van der Waals surface area contributed by atoms with E-state index in [1.807, 2.05) is 41.1 Å². The zero-order valence-electron chi connectivity index (χ0n) is 6.97. The van der Waals surface area contributed by atoms with Crippen LogP contribution in [0.15, 0.2) is 36.7 Å². The summed E-state index contributed by atoms with van der Waals surface area (Å²) < 4.78 is 1.91. The fraction of sp³-hybridized carbons (Fsp3) is 0.100. The van der Waals surface area contributed by atoms with Gasteiger partial charge in [-0.2, -0.15) is 0 Å². The Balaban J connectivity index is 2.51. The van der Waals surface area contributed by atoms with E-state index in [-0.39, 0.29) is 6.42 Å². The number of hydrogen-bond donors (Lipinski definition) is 1. The van der Waals surface area contributed by atoms with E-state index in [2.05, 4.69) is 0 Å². The third-order valence-electron chi connectivity index (χ3n) is 2.00. The molecule has 0 atom stereocenters. The zero-order valence-corrected chi connectivity index (χ0v) is 6.97. The maximum Gasteiger partial charge on any atom is 0.307 e. The van der Waals surface area contributed by atoms with Gasteiger partial charge in [-0.05, 0) is 23.8 Å². The van der Waals surface area contributed by atoms with Gasteiger partial charge in [0.1, 0.15) is 0 Å².